The Labute approximate surface area is 294 Å². The van der Waals surface area contributed by atoms with Crippen molar-refractivity contribution in [1.82, 2.24) is 24.8 Å². The molecule has 3 aromatic heterocycles. The zero-order chi connectivity index (χ0) is 35.6. The van der Waals surface area contributed by atoms with Gasteiger partial charge in [0.25, 0.3) is 11.5 Å². The SMILES string of the molecule is Cc1ccnc(C(C)C)c1-n1c(=O)c2c(c3cc(Cl)c(-c4c(O)cccc4F)nc31)N1C[C@@H](C)N(C(=O)/C=C/CNC3CC3)C[C@@H]1C(=O)N2C. The molecule has 0 spiro atoms. The van der Waals surface area contributed by atoms with E-state index in [0.29, 0.717) is 35.0 Å². The number of fused-ring (bicyclic) bond motifs is 5. The van der Waals surface area contributed by atoms with Crippen LogP contribution < -0.4 is 20.7 Å². The zero-order valence-electron chi connectivity index (χ0n) is 28.6. The van der Waals surface area contributed by atoms with Gasteiger partial charge in [-0.2, -0.15) is 0 Å². The van der Waals surface area contributed by atoms with Crippen molar-refractivity contribution in [2.24, 2.45) is 0 Å². The van der Waals surface area contributed by atoms with Crippen molar-refractivity contribution in [3.63, 3.8) is 0 Å². The predicted octanol–water partition coefficient (Wildman–Crippen LogP) is 5.07. The van der Waals surface area contributed by atoms with Gasteiger partial charge in [0.2, 0.25) is 5.91 Å². The molecule has 5 heterocycles. The van der Waals surface area contributed by atoms with Crippen molar-refractivity contribution < 1.29 is 19.1 Å². The van der Waals surface area contributed by atoms with Crippen LogP contribution in [0, 0.1) is 12.7 Å². The van der Waals surface area contributed by atoms with Gasteiger partial charge >= 0.3 is 0 Å². The maximum absolute atomic E-state index is 15.3. The standard InChI is InChI=1S/C37H39ClFN7O4/c1-19(2)30-32(20(3)13-15-41-30)46-35-23(16-24(38)31(42-35)29-25(39)8-6-9-27(29)47)33-34(37(46)50)43(5)36(49)26-18-44(21(4)17-45(26)33)28(48)10-7-14-40-22-11-12-22/h6-10,13,15-16,19,21-22,26,40,47H,11-12,14,17-18H2,1-5H3/b10-7+/t21-,26-/m1/s1. The van der Waals surface area contributed by atoms with Crippen molar-refractivity contribution in [3.8, 4) is 22.7 Å². The lowest BCUT2D eigenvalue weighted by molar-refractivity contribution is -0.130. The molecule has 2 aliphatic heterocycles. The summed E-state index contributed by atoms with van der Waals surface area (Å²) < 4.78 is 16.7. The van der Waals surface area contributed by atoms with Gasteiger partial charge in [-0.3, -0.25) is 23.9 Å². The molecule has 13 heteroatoms. The molecule has 3 aliphatic rings. The number of phenolic OH excluding ortho intramolecular Hbond substituents is 1. The second-order valence-corrected chi connectivity index (χ2v) is 14.1. The summed E-state index contributed by atoms with van der Waals surface area (Å²) in [7, 11) is 1.56. The highest BCUT2D eigenvalue weighted by molar-refractivity contribution is 6.34. The predicted molar refractivity (Wildman–Crippen MR) is 192 cm³/mol. The van der Waals surface area contributed by atoms with E-state index in [9.17, 15) is 19.5 Å². The van der Waals surface area contributed by atoms with E-state index < -0.39 is 17.4 Å². The summed E-state index contributed by atoms with van der Waals surface area (Å²) in [6.45, 7) is 8.66. The molecule has 0 bridgehead atoms. The smallest absolute Gasteiger partial charge is 0.283 e. The van der Waals surface area contributed by atoms with E-state index in [1.807, 2.05) is 38.7 Å². The summed E-state index contributed by atoms with van der Waals surface area (Å²) in [4.78, 5) is 56.8. The Morgan fingerprint density at radius 1 is 1.16 bits per heavy atom. The molecule has 2 N–H and O–H groups in total. The molecule has 2 atom stereocenters. The lowest BCUT2D eigenvalue weighted by atomic mass is 9.98. The Bertz CT molecular complexity index is 2130. The van der Waals surface area contributed by atoms with Crippen LogP contribution in [0.3, 0.4) is 0 Å². The first-order chi connectivity index (χ1) is 23.9. The topological polar surface area (TPSA) is 124 Å². The van der Waals surface area contributed by atoms with Crippen LogP contribution in [0.15, 0.2) is 53.5 Å². The number of aromatic hydroxyl groups is 1. The first-order valence-corrected chi connectivity index (χ1v) is 17.2. The highest BCUT2D eigenvalue weighted by Gasteiger charge is 2.46. The molecular weight excluding hydrogens is 661 g/mol. The number of nitrogens with one attached hydrogen (secondary N) is 1. The van der Waals surface area contributed by atoms with Crippen LogP contribution in [0.2, 0.25) is 5.02 Å². The van der Waals surface area contributed by atoms with Gasteiger partial charge in [-0.05, 0) is 62.4 Å². The second kappa shape index (κ2) is 12.8. The quantitative estimate of drug-likeness (QED) is 0.257. The number of phenols is 1. The summed E-state index contributed by atoms with van der Waals surface area (Å²) in [5.41, 5.74) is 1.84. The molecule has 11 nitrogen and oxygen atoms in total. The number of amides is 2. The summed E-state index contributed by atoms with van der Waals surface area (Å²) in [5, 5.41) is 14.6. The molecule has 4 aromatic rings. The Morgan fingerprint density at radius 2 is 1.92 bits per heavy atom. The van der Waals surface area contributed by atoms with E-state index in [-0.39, 0.29) is 70.2 Å². The van der Waals surface area contributed by atoms with Crippen molar-refractivity contribution in [3.05, 3.63) is 81.1 Å². The van der Waals surface area contributed by atoms with E-state index in [2.05, 4.69) is 10.3 Å². The van der Waals surface area contributed by atoms with Crippen LogP contribution in [0.5, 0.6) is 5.75 Å². The van der Waals surface area contributed by atoms with Crippen LogP contribution in [0.4, 0.5) is 15.8 Å². The van der Waals surface area contributed by atoms with Gasteiger partial charge in [0.05, 0.1) is 39.9 Å². The molecule has 2 amide bonds. The zero-order valence-corrected chi connectivity index (χ0v) is 29.3. The lowest BCUT2D eigenvalue weighted by Gasteiger charge is -2.49. The lowest BCUT2D eigenvalue weighted by Crippen LogP contribution is -2.66. The Hall–Kier alpha value is -4.81. The minimum atomic E-state index is -0.787. The molecule has 50 heavy (non-hydrogen) atoms. The van der Waals surface area contributed by atoms with E-state index in [4.69, 9.17) is 16.6 Å². The number of carbonyl (C=O) groups excluding carboxylic acids is 2. The van der Waals surface area contributed by atoms with Crippen LogP contribution in [0.25, 0.3) is 28.0 Å². The Morgan fingerprint density at radius 3 is 2.62 bits per heavy atom. The molecule has 7 rings (SSSR count). The molecule has 1 aromatic carbocycles. The number of rotatable bonds is 7. The maximum Gasteiger partial charge on any atom is 0.283 e. The average Bonchev–Trinajstić information content (AvgIpc) is 3.90. The third kappa shape index (κ3) is 5.60. The minimum absolute atomic E-state index is 0.0419. The number of pyridine rings is 3. The molecule has 0 radical (unpaired) electrons. The average molecular weight is 700 g/mol. The number of halogens is 2. The van der Waals surface area contributed by atoms with E-state index in [1.54, 1.807) is 36.4 Å². The second-order valence-electron chi connectivity index (χ2n) is 13.7. The van der Waals surface area contributed by atoms with Gasteiger partial charge in [-0.25, -0.2) is 9.37 Å². The van der Waals surface area contributed by atoms with Crippen molar-refractivity contribution >= 4 is 45.8 Å². The fourth-order valence-corrected chi connectivity index (χ4v) is 7.36. The van der Waals surface area contributed by atoms with Gasteiger partial charge < -0.3 is 25.1 Å². The number of carbonyl (C=O) groups is 2. The third-order valence-electron chi connectivity index (χ3n) is 9.83. The number of anilines is 2. The third-order valence-corrected chi connectivity index (χ3v) is 10.1. The van der Waals surface area contributed by atoms with Crippen molar-refractivity contribution in [2.45, 2.75) is 64.6 Å². The molecule has 1 saturated carbocycles. The highest BCUT2D eigenvalue weighted by Crippen LogP contribution is 2.45. The number of piperazine rings is 1. The van der Waals surface area contributed by atoms with Gasteiger partial charge in [0.1, 0.15) is 23.3 Å². The molecular formula is C37H39ClFN7O4. The monoisotopic (exact) mass is 699 g/mol. The van der Waals surface area contributed by atoms with Gasteiger partial charge in [0, 0.05) is 49.9 Å². The summed E-state index contributed by atoms with van der Waals surface area (Å²) in [6, 6.07) is 6.74. The first kappa shape index (κ1) is 33.7. The number of hydrogen-bond donors (Lipinski definition) is 2. The molecule has 0 unspecified atom stereocenters. The minimum Gasteiger partial charge on any atom is -0.507 e. The van der Waals surface area contributed by atoms with Crippen LogP contribution in [-0.2, 0) is 9.59 Å². The molecule has 1 saturated heterocycles. The Balaban J connectivity index is 1.45. The van der Waals surface area contributed by atoms with Gasteiger partial charge in [0.15, 0.2) is 5.65 Å². The van der Waals surface area contributed by atoms with Gasteiger partial charge in [-0.1, -0.05) is 37.6 Å². The van der Waals surface area contributed by atoms with Crippen LogP contribution in [-0.4, -0.2) is 81.2 Å². The number of hydrogen-bond acceptors (Lipinski definition) is 8. The number of likely N-dealkylation sites (N-methyl/N-ethyl adjacent to an activating group) is 1. The van der Waals surface area contributed by atoms with E-state index >= 15 is 4.39 Å². The normalized spacial score (nSPS) is 19.1. The largest absolute Gasteiger partial charge is 0.507 e. The van der Waals surface area contributed by atoms with Crippen molar-refractivity contribution in [2.75, 3.05) is 36.5 Å². The van der Waals surface area contributed by atoms with Crippen LogP contribution >= 0.6 is 11.6 Å². The Kier molecular flexibility index (Phi) is 8.63. The van der Waals surface area contributed by atoms with E-state index in [1.165, 1.54) is 27.7 Å². The molecule has 1 aliphatic carbocycles. The van der Waals surface area contributed by atoms with Crippen molar-refractivity contribution in [1.29, 1.82) is 0 Å². The van der Waals surface area contributed by atoms with E-state index in [0.717, 1.165) is 18.4 Å². The maximum atomic E-state index is 15.3. The summed E-state index contributed by atoms with van der Waals surface area (Å²) in [6.07, 6.45) is 7.33. The summed E-state index contributed by atoms with van der Waals surface area (Å²) in [5.74, 6) is -1.71. The first-order valence-electron chi connectivity index (χ1n) is 16.9. The number of aryl methyl sites for hydroxylation is 1. The fraction of sp³-hybridized carbons (Fsp3) is 0.378. The number of benzene rings is 1. The summed E-state index contributed by atoms with van der Waals surface area (Å²) >= 11 is 6.89. The molecule has 2 fully saturated rings. The number of nitrogens with zero attached hydrogens (tertiary/aromatic N) is 6. The fourth-order valence-electron chi connectivity index (χ4n) is 7.12. The highest BCUT2D eigenvalue weighted by atomic mass is 35.5. The van der Waals surface area contributed by atoms with Crippen LogP contribution in [0.1, 0.15) is 50.8 Å². The number of aromatic nitrogens is 3. The molecule has 260 valence electrons. The van der Waals surface area contributed by atoms with Gasteiger partial charge in [-0.15, -0.1) is 0 Å².